The first-order valence-corrected chi connectivity index (χ1v) is 14.2. The summed E-state index contributed by atoms with van der Waals surface area (Å²) in [6.07, 6.45) is 6.05. The molecule has 11 heteroatoms. The Kier molecular flexibility index (Phi) is 6.53. The number of piperazine rings is 1. The lowest BCUT2D eigenvalue weighted by Crippen LogP contribution is -2.49. The first kappa shape index (κ1) is 25.3. The fourth-order valence-corrected chi connectivity index (χ4v) is 6.26. The topological polar surface area (TPSA) is 114 Å². The summed E-state index contributed by atoms with van der Waals surface area (Å²) in [6.45, 7) is 4.63. The Morgan fingerprint density at radius 1 is 0.950 bits per heavy atom. The van der Waals surface area contributed by atoms with Crippen molar-refractivity contribution < 1.29 is 4.42 Å². The summed E-state index contributed by atoms with van der Waals surface area (Å²) in [5, 5.41) is 9.75. The second-order valence-corrected chi connectivity index (χ2v) is 11.3. The lowest BCUT2D eigenvalue weighted by molar-refractivity contribution is 0.0815. The van der Waals surface area contributed by atoms with Crippen LogP contribution in [0.3, 0.4) is 0 Å². The van der Waals surface area contributed by atoms with Crippen LogP contribution in [0.15, 0.2) is 53.2 Å². The molecule has 2 fully saturated rings. The number of rotatable bonds is 5. The largest absolute Gasteiger partial charge is 0.423 e. The van der Waals surface area contributed by atoms with Crippen LogP contribution in [-0.4, -0.2) is 73.8 Å². The number of hydrogen-bond donors (Lipinski definition) is 2. The van der Waals surface area contributed by atoms with Crippen LogP contribution in [0.2, 0.25) is 5.02 Å². The molecule has 2 aromatic carbocycles. The fraction of sp³-hybridized carbons (Fsp3) is 0.379. The highest BCUT2D eigenvalue weighted by molar-refractivity contribution is 6.31. The second-order valence-electron chi connectivity index (χ2n) is 10.9. The fourth-order valence-electron chi connectivity index (χ4n) is 6.10. The van der Waals surface area contributed by atoms with E-state index in [4.69, 9.17) is 26.9 Å². The van der Waals surface area contributed by atoms with Crippen LogP contribution in [0, 0.1) is 0 Å². The minimum Gasteiger partial charge on any atom is -0.423 e. The van der Waals surface area contributed by atoms with Crippen molar-refractivity contribution >= 4 is 51.3 Å². The van der Waals surface area contributed by atoms with E-state index >= 15 is 0 Å². The van der Waals surface area contributed by atoms with Gasteiger partial charge >= 0.3 is 0 Å². The average molecular weight is 558 g/mol. The van der Waals surface area contributed by atoms with Gasteiger partial charge in [0.25, 0.3) is 6.01 Å². The highest BCUT2D eigenvalue weighted by atomic mass is 35.5. The van der Waals surface area contributed by atoms with E-state index in [0.717, 1.165) is 67.0 Å². The molecular formula is C29H32ClN9O. The van der Waals surface area contributed by atoms with Crippen LogP contribution in [-0.2, 0) is 0 Å². The van der Waals surface area contributed by atoms with Gasteiger partial charge in [-0.15, -0.1) is 0 Å². The van der Waals surface area contributed by atoms with E-state index in [9.17, 15) is 0 Å². The molecule has 10 nitrogen and oxygen atoms in total. The number of hydrogen-bond acceptors (Lipinski definition) is 9. The van der Waals surface area contributed by atoms with Crippen molar-refractivity contribution in [3.63, 3.8) is 0 Å². The molecule has 3 N–H and O–H groups in total. The Labute approximate surface area is 237 Å². The first-order chi connectivity index (χ1) is 19.5. The van der Waals surface area contributed by atoms with Gasteiger partial charge in [0.05, 0.1) is 11.4 Å². The average Bonchev–Trinajstić information content (AvgIpc) is 3.56. The van der Waals surface area contributed by atoms with Crippen molar-refractivity contribution in [2.24, 2.45) is 0 Å². The zero-order valence-electron chi connectivity index (χ0n) is 22.4. The summed E-state index contributed by atoms with van der Waals surface area (Å²) in [5.41, 5.74) is 11.2. The normalized spacial score (nSPS) is 20.9. The molecule has 5 aromatic rings. The minimum absolute atomic E-state index is 0.294. The number of nitrogens with two attached hydrogens (primary N) is 1. The van der Waals surface area contributed by atoms with E-state index in [1.807, 2.05) is 30.3 Å². The van der Waals surface area contributed by atoms with Gasteiger partial charge in [-0.05, 0) is 63.1 Å². The van der Waals surface area contributed by atoms with E-state index < -0.39 is 0 Å². The maximum Gasteiger partial charge on any atom is 0.300 e. The molecule has 0 unspecified atom stereocenters. The molecule has 4 heterocycles. The smallest absolute Gasteiger partial charge is 0.300 e. The standard InChI is InChI=1S/C29H32ClN9O/c1-37-12-14-38(15-13-37)21-7-9-22(10-8-21)39-28-25(27(31)32-17-33-28)26(36-39)18-2-5-20(6-3-18)34-29-35-23-16-19(30)4-11-24(23)40-29/h2-6,11,16-17,21-22H,7-10,12-15H2,1H3,(H,34,35)(H2,31,32,33). The van der Waals surface area contributed by atoms with Gasteiger partial charge in [0.15, 0.2) is 11.2 Å². The predicted molar refractivity (Wildman–Crippen MR) is 158 cm³/mol. The van der Waals surface area contributed by atoms with Crippen LogP contribution in [0.1, 0.15) is 31.7 Å². The summed E-state index contributed by atoms with van der Waals surface area (Å²) in [5.74, 6) is 0.449. The van der Waals surface area contributed by atoms with E-state index in [1.165, 1.54) is 19.2 Å². The molecule has 1 aliphatic carbocycles. The number of oxazole rings is 1. The van der Waals surface area contributed by atoms with E-state index in [0.29, 0.717) is 40.0 Å². The molecule has 0 atom stereocenters. The Hall–Kier alpha value is -3.73. The molecule has 0 radical (unpaired) electrons. The number of aromatic nitrogens is 5. The molecule has 0 bridgehead atoms. The third-order valence-electron chi connectivity index (χ3n) is 8.34. The zero-order chi connectivity index (χ0) is 27.2. The van der Waals surface area contributed by atoms with Crippen LogP contribution in [0.25, 0.3) is 33.4 Å². The summed E-state index contributed by atoms with van der Waals surface area (Å²) in [6, 6.07) is 14.7. The molecule has 1 saturated carbocycles. The molecular weight excluding hydrogens is 526 g/mol. The SMILES string of the molecule is CN1CCN(C2CCC(n3nc(-c4ccc(Nc5nc6cc(Cl)ccc6o5)cc4)c4c(N)ncnc43)CC2)CC1. The van der Waals surface area contributed by atoms with Crippen molar-refractivity contribution in [3.8, 4) is 11.3 Å². The van der Waals surface area contributed by atoms with Crippen LogP contribution >= 0.6 is 11.6 Å². The Morgan fingerprint density at radius 3 is 2.48 bits per heavy atom. The third kappa shape index (κ3) is 4.76. The van der Waals surface area contributed by atoms with Gasteiger partial charge in [-0.3, -0.25) is 4.90 Å². The van der Waals surface area contributed by atoms with Gasteiger partial charge < -0.3 is 20.4 Å². The van der Waals surface area contributed by atoms with Crippen LogP contribution in [0.4, 0.5) is 17.5 Å². The highest BCUT2D eigenvalue weighted by Gasteiger charge is 2.30. The van der Waals surface area contributed by atoms with Gasteiger partial charge in [0.2, 0.25) is 0 Å². The Bertz CT molecular complexity index is 1650. The molecule has 206 valence electrons. The summed E-state index contributed by atoms with van der Waals surface area (Å²) in [4.78, 5) is 18.5. The zero-order valence-corrected chi connectivity index (χ0v) is 23.2. The highest BCUT2D eigenvalue weighted by Crippen LogP contribution is 2.37. The van der Waals surface area contributed by atoms with Crippen molar-refractivity contribution in [2.75, 3.05) is 44.3 Å². The summed E-state index contributed by atoms with van der Waals surface area (Å²) < 4.78 is 7.90. The molecule has 1 aliphatic heterocycles. The quantitative estimate of drug-likeness (QED) is 0.295. The van der Waals surface area contributed by atoms with Gasteiger partial charge in [-0.25, -0.2) is 14.6 Å². The van der Waals surface area contributed by atoms with Crippen molar-refractivity contribution in [1.82, 2.24) is 34.5 Å². The number of halogens is 1. The molecule has 0 spiro atoms. The number of nitrogens with one attached hydrogen (secondary N) is 1. The number of nitrogens with zero attached hydrogens (tertiary/aromatic N) is 7. The molecule has 0 amide bonds. The summed E-state index contributed by atoms with van der Waals surface area (Å²) >= 11 is 6.08. The number of benzene rings is 2. The van der Waals surface area contributed by atoms with Crippen molar-refractivity contribution in [2.45, 2.75) is 37.8 Å². The first-order valence-electron chi connectivity index (χ1n) is 13.9. The maximum atomic E-state index is 6.39. The Balaban J connectivity index is 1.12. The second kappa shape index (κ2) is 10.3. The lowest BCUT2D eigenvalue weighted by atomic mass is 9.90. The lowest BCUT2D eigenvalue weighted by Gasteiger charge is -2.41. The van der Waals surface area contributed by atoms with Crippen LogP contribution < -0.4 is 11.1 Å². The minimum atomic E-state index is 0.294. The monoisotopic (exact) mass is 557 g/mol. The molecule has 7 rings (SSSR count). The van der Waals surface area contributed by atoms with Gasteiger partial charge in [0.1, 0.15) is 23.4 Å². The number of likely N-dealkylation sites (N-methyl/N-ethyl adjacent to an activating group) is 1. The third-order valence-corrected chi connectivity index (χ3v) is 8.58. The van der Waals surface area contributed by atoms with Gasteiger partial charge in [-0.2, -0.15) is 10.1 Å². The Morgan fingerprint density at radius 2 is 1.70 bits per heavy atom. The van der Waals surface area contributed by atoms with E-state index in [-0.39, 0.29) is 0 Å². The molecule has 1 saturated heterocycles. The summed E-state index contributed by atoms with van der Waals surface area (Å²) in [7, 11) is 2.21. The van der Waals surface area contributed by atoms with Crippen LogP contribution in [0.5, 0.6) is 0 Å². The maximum absolute atomic E-state index is 6.39. The molecule has 2 aliphatic rings. The van der Waals surface area contributed by atoms with E-state index in [2.05, 4.69) is 41.8 Å². The van der Waals surface area contributed by atoms with Gasteiger partial charge in [0, 0.05) is 48.5 Å². The predicted octanol–water partition coefficient (Wildman–Crippen LogP) is 5.34. The van der Waals surface area contributed by atoms with Gasteiger partial charge in [-0.1, -0.05) is 23.7 Å². The number of nitrogen functional groups attached to an aromatic ring is 1. The number of fused-ring (bicyclic) bond motifs is 2. The molecule has 3 aromatic heterocycles. The van der Waals surface area contributed by atoms with Crippen molar-refractivity contribution in [1.29, 1.82) is 0 Å². The van der Waals surface area contributed by atoms with Crippen molar-refractivity contribution in [3.05, 3.63) is 53.8 Å². The van der Waals surface area contributed by atoms with E-state index in [1.54, 1.807) is 12.1 Å². The molecule has 40 heavy (non-hydrogen) atoms. The number of anilines is 3.